The molecule has 0 aliphatic rings. The summed E-state index contributed by atoms with van der Waals surface area (Å²) in [6.45, 7) is 0. The molecule has 5 aromatic rings. The number of nitro benzene ring substituents is 1. The number of fused-ring (bicyclic) bond motifs is 2. The fourth-order valence-corrected chi connectivity index (χ4v) is 4.76. The van der Waals surface area contributed by atoms with E-state index in [1.165, 1.54) is 24.3 Å². The third kappa shape index (κ3) is 3.47. The van der Waals surface area contributed by atoms with Crippen LogP contribution < -0.4 is 5.32 Å². The van der Waals surface area contributed by atoms with E-state index in [9.17, 15) is 19.3 Å². The molecular weight excluding hydrogens is 457 g/mol. The molecule has 0 atom stereocenters. The summed E-state index contributed by atoms with van der Waals surface area (Å²) in [5, 5.41) is 14.6. The van der Waals surface area contributed by atoms with Gasteiger partial charge in [0.1, 0.15) is 20.9 Å². The molecule has 0 saturated heterocycles. The largest absolute Gasteiger partial charge is 0.436 e. The summed E-state index contributed by atoms with van der Waals surface area (Å²) in [4.78, 5) is 28.2. The number of amides is 1. The lowest BCUT2D eigenvalue weighted by Crippen LogP contribution is -2.10. The number of carbonyl (C=O) groups excluding carboxylic acids is 1. The number of oxazole rings is 1. The van der Waals surface area contributed by atoms with Crippen molar-refractivity contribution in [2.24, 2.45) is 0 Å². The van der Waals surface area contributed by atoms with Crippen LogP contribution in [0.15, 0.2) is 65.1 Å². The molecule has 1 N–H and O–H groups in total. The van der Waals surface area contributed by atoms with E-state index in [0.717, 1.165) is 11.3 Å². The van der Waals surface area contributed by atoms with Gasteiger partial charge in [-0.3, -0.25) is 14.9 Å². The zero-order valence-electron chi connectivity index (χ0n) is 16.0. The third-order valence-electron chi connectivity index (χ3n) is 4.77. The van der Waals surface area contributed by atoms with Crippen molar-refractivity contribution in [3.8, 4) is 11.5 Å². The lowest BCUT2D eigenvalue weighted by Gasteiger charge is -2.03. The summed E-state index contributed by atoms with van der Waals surface area (Å²) in [6.07, 6.45) is 0. The van der Waals surface area contributed by atoms with Crippen LogP contribution in [0.2, 0.25) is 5.02 Å². The molecule has 0 saturated carbocycles. The Kier molecular flexibility index (Phi) is 4.84. The van der Waals surface area contributed by atoms with Crippen LogP contribution in [-0.2, 0) is 0 Å². The van der Waals surface area contributed by atoms with Gasteiger partial charge < -0.3 is 9.73 Å². The normalized spacial score (nSPS) is 11.2. The summed E-state index contributed by atoms with van der Waals surface area (Å²) in [5.41, 5.74) is 1.96. The maximum atomic E-state index is 13.1. The molecule has 7 nitrogen and oxygen atoms in total. The molecule has 2 aromatic heterocycles. The van der Waals surface area contributed by atoms with Crippen LogP contribution in [0.25, 0.3) is 32.6 Å². The molecule has 0 spiro atoms. The predicted octanol–water partition coefficient (Wildman–Crippen LogP) is 6.66. The quantitative estimate of drug-likeness (QED) is 0.235. The first-order valence-corrected chi connectivity index (χ1v) is 10.4. The smallest absolute Gasteiger partial charge is 0.287 e. The fraction of sp³-hybridized carbons (Fsp3) is 0. The van der Waals surface area contributed by atoms with Gasteiger partial charge in [0.25, 0.3) is 11.6 Å². The van der Waals surface area contributed by atoms with Crippen molar-refractivity contribution in [1.29, 1.82) is 0 Å². The number of carbonyl (C=O) groups is 1. The van der Waals surface area contributed by atoms with Crippen LogP contribution in [0.1, 0.15) is 9.67 Å². The Morgan fingerprint density at radius 1 is 1.16 bits per heavy atom. The Hall–Kier alpha value is -3.82. The van der Waals surface area contributed by atoms with Gasteiger partial charge in [-0.25, -0.2) is 9.37 Å². The second-order valence-electron chi connectivity index (χ2n) is 6.82. The maximum Gasteiger partial charge on any atom is 0.287 e. The van der Waals surface area contributed by atoms with Crippen molar-refractivity contribution in [2.45, 2.75) is 0 Å². The standard InChI is InChI=1S/C22H11ClFN3O4S/c23-18-14-2-1-3-16(27(29)30)19(14)32-20(18)21(28)25-13-8-9-17-15(10-13)26-22(31-17)11-4-6-12(24)7-5-11/h1-10H,(H,25,28). The average Bonchev–Trinajstić information content (AvgIpc) is 3.35. The minimum atomic E-state index is -0.506. The van der Waals surface area contributed by atoms with Gasteiger partial charge in [0.05, 0.1) is 9.95 Å². The van der Waals surface area contributed by atoms with Gasteiger partial charge in [0.2, 0.25) is 5.89 Å². The van der Waals surface area contributed by atoms with Crippen LogP contribution in [0, 0.1) is 15.9 Å². The van der Waals surface area contributed by atoms with Gasteiger partial charge >= 0.3 is 0 Å². The number of nitrogens with zero attached hydrogens (tertiary/aromatic N) is 2. The SMILES string of the molecule is O=C(Nc1ccc2oc(-c3ccc(F)cc3)nc2c1)c1sc2c([N+](=O)[O-])cccc2c1Cl. The van der Waals surface area contributed by atoms with Crippen LogP contribution in [0.4, 0.5) is 15.8 Å². The number of halogens is 2. The molecule has 3 aromatic carbocycles. The molecule has 0 radical (unpaired) electrons. The summed E-state index contributed by atoms with van der Waals surface area (Å²) in [5.74, 6) is -0.532. The second kappa shape index (κ2) is 7.70. The van der Waals surface area contributed by atoms with Crippen molar-refractivity contribution in [3.05, 3.63) is 86.5 Å². The van der Waals surface area contributed by atoms with Gasteiger partial charge in [0.15, 0.2) is 5.58 Å². The van der Waals surface area contributed by atoms with E-state index in [1.54, 1.807) is 36.4 Å². The predicted molar refractivity (Wildman–Crippen MR) is 121 cm³/mol. The van der Waals surface area contributed by atoms with Gasteiger partial charge in [-0.1, -0.05) is 23.7 Å². The first kappa shape index (κ1) is 20.1. The first-order chi connectivity index (χ1) is 15.4. The van der Waals surface area contributed by atoms with Crippen molar-refractivity contribution in [2.75, 3.05) is 5.32 Å². The molecular formula is C22H11ClFN3O4S. The number of benzene rings is 3. The number of hydrogen-bond donors (Lipinski definition) is 1. The van der Waals surface area contributed by atoms with Gasteiger partial charge in [-0.2, -0.15) is 0 Å². The third-order valence-corrected chi connectivity index (χ3v) is 6.51. The molecule has 2 heterocycles. The van der Waals surface area contributed by atoms with E-state index in [1.807, 2.05) is 0 Å². The van der Waals surface area contributed by atoms with Crippen LogP contribution in [0.5, 0.6) is 0 Å². The Balaban J connectivity index is 1.46. The minimum Gasteiger partial charge on any atom is -0.436 e. The van der Waals surface area contributed by atoms with E-state index in [-0.39, 0.29) is 21.4 Å². The van der Waals surface area contributed by atoms with Crippen molar-refractivity contribution < 1.29 is 18.5 Å². The second-order valence-corrected chi connectivity index (χ2v) is 8.22. The van der Waals surface area contributed by atoms with E-state index in [2.05, 4.69) is 10.3 Å². The molecule has 0 aliphatic carbocycles. The monoisotopic (exact) mass is 467 g/mol. The lowest BCUT2D eigenvalue weighted by atomic mass is 10.2. The van der Waals surface area contributed by atoms with E-state index in [4.69, 9.17) is 16.0 Å². The zero-order chi connectivity index (χ0) is 22.4. The molecule has 0 fully saturated rings. The molecule has 10 heteroatoms. The number of hydrogen-bond acceptors (Lipinski definition) is 6. The molecule has 158 valence electrons. The summed E-state index contributed by atoms with van der Waals surface area (Å²) in [7, 11) is 0. The number of non-ortho nitro benzene ring substituents is 1. The summed E-state index contributed by atoms with van der Waals surface area (Å²) < 4.78 is 19.2. The first-order valence-electron chi connectivity index (χ1n) is 9.24. The highest BCUT2D eigenvalue weighted by Crippen LogP contribution is 2.40. The minimum absolute atomic E-state index is 0.106. The average molecular weight is 468 g/mol. The van der Waals surface area contributed by atoms with Gasteiger partial charge in [-0.05, 0) is 42.5 Å². The number of nitrogens with one attached hydrogen (secondary N) is 1. The van der Waals surface area contributed by atoms with Crippen LogP contribution >= 0.6 is 22.9 Å². The Labute approximate surface area is 188 Å². The topological polar surface area (TPSA) is 98.3 Å². The summed E-state index contributed by atoms with van der Waals surface area (Å²) in [6, 6.07) is 15.2. The lowest BCUT2D eigenvalue weighted by molar-refractivity contribution is -0.382. The molecule has 32 heavy (non-hydrogen) atoms. The highest BCUT2D eigenvalue weighted by atomic mass is 35.5. The number of rotatable bonds is 4. The highest BCUT2D eigenvalue weighted by Gasteiger charge is 2.23. The van der Waals surface area contributed by atoms with E-state index < -0.39 is 10.8 Å². The number of anilines is 1. The molecule has 5 rings (SSSR count). The van der Waals surface area contributed by atoms with E-state index in [0.29, 0.717) is 38.3 Å². The molecule has 0 unspecified atom stereocenters. The number of thiophene rings is 1. The Morgan fingerprint density at radius 2 is 1.94 bits per heavy atom. The number of nitro groups is 1. The highest BCUT2D eigenvalue weighted by molar-refractivity contribution is 7.22. The Bertz CT molecular complexity index is 1530. The van der Waals surface area contributed by atoms with Crippen molar-refractivity contribution in [1.82, 2.24) is 4.98 Å². The Morgan fingerprint density at radius 3 is 2.69 bits per heavy atom. The van der Waals surface area contributed by atoms with Gasteiger partial charge in [-0.15, -0.1) is 11.3 Å². The molecule has 1 amide bonds. The molecule has 0 aliphatic heterocycles. The summed E-state index contributed by atoms with van der Waals surface area (Å²) >= 11 is 7.31. The van der Waals surface area contributed by atoms with E-state index >= 15 is 0 Å². The maximum absolute atomic E-state index is 13.1. The van der Waals surface area contributed by atoms with Crippen molar-refractivity contribution in [3.63, 3.8) is 0 Å². The number of aromatic nitrogens is 1. The van der Waals surface area contributed by atoms with Crippen molar-refractivity contribution >= 4 is 61.4 Å². The van der Waals surface area contributed by atoms with Crippen LogP contribution in [0.3, 0.4) is 0 Å². The molecule has 0 bridgehead atoms. The van der Waals surface area contributed by atoms with Crippen LogP contribution in [-0.4, -0.2) is 15.8 Å². The van der Waals surface area contributed by atoms with Gasteiger partial charge in [0, 0.05) is 22.7 Å². The fourth-order valence-electron chi connectivity index (χ4n) is 3.27. The zero-order valence-corrected chi connectivity index (χ0v) is 17.5.